The van der Waals surface area contributed by atoms with Gasteiger partial charge in [-0.05, 0) is 36.7 Å². The van der Waals surface area contributed by atoms with Crippen molar-refractivity contribution in [3.63, 3.8) is 0 Å². The molecule has 0 aliphatic carbocycles. The summed E-state index contributed by atoms with van der Waals surface area (Å²) in [6, 6.07) is 9.25. The van der Waals surface area contributed by atoms with Crippen LogP contribution in [0, 0.1) is 18.3 Å². The molecule has 1 aromatic carbocycles. The average Bonchev–Trinajstić information content (AvgIpc) is 2.42. The molecule has 0 aliphatic rings. The Bertz CT molecular complexity index is 663. The average molecular weight is 274 g/mol. The maximum Gasteiger partial charge on any atom is 0.224 e. The second-order valence-electron chi connectivity index (χ2n) is 4.04. The van der Waals surface area contributed by atoms with Crippen LogP contribution in [0.2, 0.25) is 5.28 Å². The first-order valence-corrected chi connectivity index (χ1v) is 5.94. The van der Waals surface area contributed by atoms with Crippen LogP contribution in [0.25, 0.3) is 0 Å². The van der Waals surface area contributed by atoms with Crippen molar-refractivity contribution in [2.45, 2.75) is 6.92 Å². The van der Waals surface area contributed by atoms with Crippen LogP contribution in [0.1, 0.15) is 11.3 Å². The largest absolute Gasteiger partial charge is 0.394 e. The van der Waals surface area contributed by atoms with E-state index in [9.17, 15) is 0 Å². The number of aromatic nitrogens is 2. The molecule has 2 aromatic rings. The van der Waals surface area contributed by atoms with E-state index in [1.807, 2.05) is 13.1 Å². The van der Waals surface area contributed by atoms with Crippen LogP contribution >= 0.6 is 11.6 Å². The molecule has 0 bridgehead atoms. The highest BCUT2D eigenvalue weighted by Gasteiger charge is 2.13. The standard InChI is InChI=1S/C13H12ClN5/c1-8-11(16)12(18-13(14)17-8)19(2)10-5-3-4-9(6-10)7-15/h3-6H,16H2,1-2H3. The first-order chi connectivity index (χ1) is 9.02. The molecule has 1 heterocycles. The van der Waals surface area contributed by atoms with Gasteiger partial charge in [-0.1, -0.05) is 6.07 Å². The van der Waals surface area contributed by atoms with Crippen LogP contribution in [0.5, 0.6) is 0 Å². The van der Waals surface area contributed by atoms with Crippen LogP contribution in [0.4, 0.5) is 17.2 Å². The van der Waals surface area contributed by atoms with Crippen LogP contribution in [0.3, 0.4) is 0 Å². The van der Waals surface area contributed by atoms with Gasteiger partial charge in [0.25, 0.3) is 0 Å². The Labute approximate surface area is 116 Å². The summed E-state index contributed by atoms with van der Waals surface area (Å²) in [6.45, 7) is 1.77. The van der Waals surface area contributed by atoms with Gasteiger partial charge in [-0.3, -0.25) is 0 Å². The predicted molar refractivity (Wildman–Crippen MR) is 75.4 cm³/mol. The SMILES string of the molecule is Cc1nc(Cl)nc(N(C)c2cccc(C#N)c2)c1N. The van der Waals surface area contributed by atoms with E-state index in [-0.39, 0.29) is 5.28 Å². The molecule has 6 heteroatoms. The maximum atomic E-state index is 8.92. The fourth-order valence-corrected chi connectivity index (χ4v) is 1.90. The minimum Gasteiger partial charge on any atom is -0.394 e. The smallest absolute Gasteiger partial charge is 0.224 e. The summed E-state index contributed by atoms with van der Waals surface area (Å²) < 4.78 is 0. The van der Waals surface area contributed by atoms with Crippen LogP contribution < -0.4 is 10.6 Å². The molecule has 0 saturated carbocycles. The monoisotopic (exact) mass is 273 g/mol. The quantitative estimate of drug-likeness (QED) is 0.851. The van der Waals surface area contributed by atoms with Crippen LogP contribution in [-0.4, -0.2) is 17.0 Å². The van der Waals surface area contributed by atoms with Crippen molar-refractivity contribution in [2.24, 2.45) is 0 Å². The molecule has 0 spiro atoms. The fraction of sp³-hybridized carbons (Fsp3) is 0.154. The number of nitriles is 1. The molecule has 0 amide bonds. The molecule has 0 fully saturated rings. The third kappa shape index (κ3) is 2.59. The predicted octanol–water partition coefficient (Wildman–Crippen LogP) is 2.66. The molecule has 0 unspecified atom stereocenters. The van der Waals surface area contributed by atoms with Gasteiger partial charge in [0.15, 0.2) is 5.82 Å². The second kappa shape index (κ2) is 5.12. The summed E-state index contributed by atoms with van der Waals surface area (Å²) in [4.78, 5) is 9.91. The van der Waals surface area contributed by atoms with Crippen molar-refractivity contribution < 1.29 is 0 Å². The van der Waals surface area contributed by atoms with Crippen LogP contribution in [-0.2, 0) is 0 Å². The van der Waals surface area contributed by atoms with Crippen molar-refractivity contribution in [3.8, 4) is 6.07 Å². The van der Waals surface area contributed by atoms with E-state index < -0.39 is 0 Å². The fourth-order valence-electron chi connectivity index (χ4n) is 1.70. The lowest BCUT2D eigenvalue weighted by Gasteiger charge is -2.20. The number of rotatable bonds is 2. The third-order valence-corrected chi connectivity index (χ3v) is 2.94. The van der Waals surface area contributed by atoms with Crippen molar-refractivity contribution >= 4 is 28.8 Å². The lowest BCUT2D eigenvalue weighted by atomic mass is 10.2. The van der Waals surface area contributed by atoms with Crippen molar-refractivity contribution in [3.05, 3.63) is 40.8 Å². The summed E-state index contributed by atoms with van der Waals surface area (Å²) in [7, 11) is 1.81. The molecule has 2 N–H and O–H groups in total. The highest BCUT2D eigenvalue weighted by molar-refractivity contribution is 6.28. The van der Waals surface area contributed by atoms with Gasteiger partial charge in [0.05, 0.1) is 23.0 Å². The summed E-state index contributed by atoms with van der Waals surface area (Å²) in [5.41, 5.74) is 8.44. The topological polar surface area (TPSA) is 78.8 Å². The number of hydrogen-bond donors (Lipinski definition) is 1. The zero-order valence-corrected chi connectivity index (χ0v) is 11.3. The van der Waals surface area contributed by atoms with Crippen molar-refractivity contribution in [1.29, 1.82) is 5.26 Å². The molecule has 19 heavy (non-hydrogen) atoms. The minimum absolute atomic E-state index is 0.144. The molecule has 0 atom stereocenters. The molecule has 0 radical (unpaired) electrons. The zero-order chi connectivity index (χ0) is 14.0. The van der Waals surface area contributed by atoms with Gasteiger partial charge < -0.3 is 10.6 Å². The normalized spacial score (nSPS) is 10.0. The zero-order valence-electron chi connectivity index (χ0n) is 10.6. The molecular formula is C13H12ClN5. The van der Waals surface area contributed by atoms with E-state index in [1.54, 1.807) is 30.0 Å². The van der Waals surface area contributed by atoms with Gasteiger partial charge in [0, 0.05) is 12.7 Å². The van der Waals surface area contributed by atoms with Gasteiger partial charge in [-0.15, -0.1) is 0 Å². The van der Waals surface area contributed by atoms with E-state index in [0.717, 1.165) is 5.69 Å². The van der Waals surface area contributed by atoms with Gasteiger partial charge in [-0.25, -0.2) is 4.98 Å². The first-order valence-electron chi connectivity index (χ1n) is 5.56. The Morgan fingerprint density at radius 3 is 2.79 bits per heavy atom. The van der Waals surface area contributed by atoms with E-state index in [0.29, 0.717) is 22.8 Å². The highest BCUT2D eigenvalue weighted by atomic mass is 35.5. The Hall–Kier alpha value is -2.32. The molecule has 2 rings (SSSR count). The van der Waals surface area contributed by atoms with Gasteiger partial charge in [-0.2, -0.15) is 10.2 Å². The summed E-state index contributed by atoms with van der Waals surface area (Å²) in [5, 5.41) is 9.06. The Morgan fingerprint density at radius 1 is 1.37 bits per heavy atom. The van der Waals surface area contributed by atoms with E-state index >= 15 is 0 Å². The van der Waals surface area contributed by atoms with Crippen LogP contribution in [0.15, 0.2) is 24.3 Å². The maximum absolute atomic E-state index is 8.92. The van der Waals surface area contributed by atoms with Crippen molar-refractivity contribution in [2.75, 3.05) is 17.7 Å². The second-order valence-corrected chi connectivity index (χ2v) is 4.37. The number of nitrogen functional groups attached to an aromatic ring is 1. The lowest BCUT2D eigenvalue weighted by molar-refractivity contribution is 1.05. The van der Waals surface area contributed by atoms with E-state index in [1.165, 1.54) is 0 Å². The molecule has 0 saturated heterocycles. The lowest BCUT2D eigenvalue weighted by Crippen LogP contribution is -2.15. The third-order valence-electron chi connectivity index (χ3n) is 2.77. The Morgan fingerprint density at radius 2 is 2.11 bits per heavy atom. The van der Waals surface area contributed by atoms with Gasteiger partial charge in [0.1, 0.15) is 0 Å². The van der Waals surface area contributed by atoms with Crippen molar-refractivity contribution in [1.82, 2.24) is 9.97 Å². The highest BCUT2D eigenvalue weighted by Crippen LogP contribution is 2.29. The summed E-state index contributed by atoms with van der Waals surface area (Å²) in [5.74, 6) is 0.521. The number of aryl methyl sites for hydroxylation is 1. The summed E-state index contributed by atoms with van der Waals surface area (Å²) in [6.07, 6.45) is 0. The van der Waals surface area contributed by atoms with Gasteiger partial charge >= 0.3 is 0 Å². The number of hydrogen-bond acceptors (Lipinski definition) is 5. The number of nitrogens with zero attached hydrogens (tertiary/aromatic N) is 4. The Balaban J connectivity index is 2.50. The molecule has 5 nitrogen and oxygen atoms in total. The molecule has 96 valence electrons. The Kier molecular flexibility index (Phi) is 3.54. The number of benzene rings is 1. The van der Waals surface area contributed by atoms with E-state index in [2.05, 4.69) is 16.0 Å². The first kappa shape index (κ1) is 13.1. The molecular weight excluding hydrogens is 262 g/mol. The van der Waals surface area contributed by atoms with E-state index in [4.69, 9.17) is 22.6 Å². The molecule has 0 aliphatic heterocycles. The number of halogens is 1. The molecule has 1 aromatic heterocycles. The number of nitrogens with two attached hydrogens (primary N) is 1. The number of anilines is 3. The minimum atomic E-state index is 0.144. The van der Waals surface area contributed by atoms with Gasteiger partial charge in [0.2, 0.25) is 5.28 Å². The summed E-state index contributed by atoms with van der Waals surface area (Å²) >= 11 is 5.86.